The highest BCUT2D eigenvalue weighted by Gasteiger charge is 2.21. The van der Waals surface area contributed by atoms with Gasteiger partial charge in [-0.05, 0) is 80.2 Å². The van der Waals surface area contributed by atoms with Crippen molar-refractivity contribution in [2.45, 2.75) is 0 Å². The average molecular weight is 681 g/mol. The third kappa shape index (κ3) is 4.65. The molecule has 0 aliphatic heterocycles. The van der Waals surface area contributed by atoms with Gasteiger partial charge in [0.05, 0.1) is 15.9 Å². The van der Waals surface area contributed by atoms with Gasteiger partial charge in [0.25, 0.3) is 0 Å². The maximum Gasteiger partial charge on any atom is 0.161 e. The van der Waals surface area contributed by atoms with Crippen LogP contribution in [-0.4, -0.2) is 9.97 Å². The second-order valence-electron chi connectivity index (χ2n) is 13.4. The summed E-state index contributed by atoms with van der Waals surface area (Å²) in [6.45, 7) is 0. The topological polar surface area (TPSA) is 38.9 Å². The van der Waals surface area contributed by atoms with Gasteiger partial charge in [-0.25, -0.2) is 9.97 Å². The molecule has 0 radical (unpaired) electrons. The van der Waals surface area contributed by atoms with E-state index >= 15 is 0 Å². The molecular weight excluding hydrogens is 653 g/mol. The van der Waals surface area contributed by atoms with Gasteiger partial charge in [0.1, 0.15) is 11.2 Å². The Balaban J connectivity index is 1.15. The molecule has 0 N–H and O–H groups in total. The smallest absolute Gasteiger partial charge is 0.161 e. The Morgan fingerprint density at radius 3 is 1.77 bits per heavy atom. The van der Waals surface area contributed by atoms with Crippen LogP contribution in [0.5, 0.6) is 0 Å². The van der Waals surface area contributed by atoms with Gasteiger partial charge in [-0.2, -0.15) is 0 Å². The second kappa shape index (κ2) is 11.5. The Labute approximate surface area is 303 Å². The summed E-state index contributed by atoms with van der Waals surface area (Å²) >= 11 is 1.75. The number of benzene rings is 8. The maximum atomic E-state index is 6.55. The highest BCUT2D eigenvalue weighted by molar-refractivity contribution is 7.26. The summed E-state index contributed by atoms with van der Waals surface area (Å²) in [4.78, 5) is 10.9. The number of thiophene rings is 1. The van der Waals surface area contributed by atoms with Gasteiger partial charge in [-0.1, -0.05) is 133 Å². The van der Waals surface area contributed by atoms with E-state index in [4.69, 9.17) is 14.4 Å². The second-order valence-corrected chi connectivity index (χ2v) is 14.4. The molecule has 4 heteroatoms. The van der Waals surface area contributed by atoms with Gasteiger partial charge in [-0.15, -0.1) is 11.3 Å². The molecule has 11 rings (SSSR count). The molecule has 3 aromatic heterocycles. The molecule has 0 saturated carbocycles. The van der Waals surface area contributed by atoms with E-state index in [-0.39, 0.29) is 0 Å². The molecule has 0 aliphatic carbocycles. The van der Waals surface area contributed by atoms with Crippen LogP contribution in [0.25, 0.3) is 109 Å². The summed E-state index contributed by atoms with van der Waals surface area (Å²) in [5, 5.41) is 8.11. The molecule has 0 fully saturated rings. The van der Waals surface area contributed by atoms with Gasteiger partial charge >= 0.3 is 0 Å². The molecule has 3 nitrogen and oxygen atoms in total. The number of aromatic nitrogens is 2. The van der Waals surface area contributed by atoms with Gasteiger partial charge < -0.3 is 4.42 Å². The van der Waals surface area contributed by atoms with Crippen molar-refractivity contribution in [1.82, 2.24) is 9.97 Å². The lowest BCUT2D eigenvalue weighted by Crippen LogP contribution is -1.95. The zero-order valence-corrected chi connectivity index (χ0v) is 28.7. The Morgan fingerprint density at radius 1 is 0.423 bits per heavy atom. The van der Waals surface area contributed by atoms with E-state index in [1.165, 1.54) is 37.4 Å². The first kappa shape index (κ1) is 29.1. The minimum atomic E-state index is 0.684. The number of fused-ring (bicyclic) bond motifs is 8. The number of furan rings is 1. The number of para-hydroxylation sites is 1. The van der Waals surface area contributed by atoms with Crippen molar-refractivity contribution >= 4 is 75.1 Å². The summed E-state index contributed by atoms with van der Waals surface area (Å²) in [6, 6.07) is 60.3. The normalized spacial score (nSPS) is 11.8. The van der Waals surface area contributed by atoms with E-state index in [0.29, 0.717) is 5.82 Å². The quantitative estimate of drug-likeness (QED) is 0.186. The third-order valence-electron chi connectivity index (χ3n) is 10.3. The molecule has 0 aliphatic rings. The van der Waals surface area contributed by atoms with Gasteiger partial charge in [-0.3, -0.25) is 0 Å². The summed E-state index contributed by atoms with van der Waals surface area (Å²) in [5.41, 5.74) is 10.1. The largest absolute Gasteiger partial charge is 0.456 e. The van der Waals surface area contributed by atoms with Crippen LogP contribution < -0.4 is 0 Å². The standard InChI is InChI=1S/C48H28N2OS/c1-3-11-33-25-35(23-19-29(33)9-1)31-17-21-32(22-18-31)45-47-46(39-14-6-8-16-43(39)52-47)50-48(49-45)40-27-37(36-24-20-30-10-2-4-12-34(30)26-36)28-42-44(40)38-13-5-7-15-41(38)51-42/h1-28H. The molecule has 0 spiro atoms. The van der Waals surface area contributed by atoms with Crippen LogP contribution in [0.1, 0.15) is 0 Å². The lowest BCUT2D eigenvalue weighted by molar-refractivity contribution is 0.669. The Kier molecular flexibility index (Phi) is 6.42. The first-order chi connectivity index (χ1) is 25.7. The lowest BCUT2D eigenvalue weighted by atomic mass is 9.96. The molecular formula is C48H28N2OS. The van der Waals surface area contributed by atoms with Gasteiger partial charge in [0.2, 0.25) is 0 Å². The number of nitrogens with zero attached hydrogens (tertiary/aromatic N) is 2. The van der Waals surface area contributed by atoms with Crippen LogP contribution in [0.2, 0.25) is 0 Å². The average Bonchev–Trinajstić information content (AvgIpc) is 3.78. The molecule has 52 heavy (non-hydrogen) atoms. The fraction of sp³-hybridized carbons (Fsp3) is 0. The Morgan fingerprint density at radius 2 is 1.02 bits per heavy atom. The van der Waals surface area contributed by atoms with Gasteiger partial charge in [0, 0.05) is 32.0 Å². The van der Waals surface area contributed by atoms with Gasteiger partial charge in [0.15, 0.2) is 5.82 Å². The zero-order valence-electron chi connectivity index (χ0n) is 27.9. The minimum Gasteiger partial charge on any atom is -0.456 e. The van der Waals surface area contributed by atoms with Crippen LogP contribution in [-0.2, 0) is 0 Å². The first-order valence-corrected chi connectivity index (χ1v) is 18.3. The lowest BCUT2D eigenvalue weighted by Gasteiger charge is -2.11. The molecule has 3 heterocycles. The van der Waals surface area contributed by atoms with Crippen LogP contribution in [0.4, 0.5) is 0 Å². The molecule has 8 aromatic carbocycles. The van der Waals surface area contributed by atoms with E-state index in [1.54, 1.807) is 11.3 Å². The number of rotatable bonds is 4. The molecule has 0 bridgehead atoms. The van der Waals surface area contributed by atoms with E-state index in [1.807, 2.05) is 12.1 Å². The van der Waals surface area contributed by atoms with Crippen LogP contribution >= 0.6 is 11.3 Å². The Bertz CT molecular complexity index is 3190. The summed E-state index contributed by atoms with van der Waals surface area (Å²) in [7, 11) is 0. The number of hydrogen-bond acceptors (Lipinski definition) is 4. The fourth-order valence-corrected chi connectivity index (χ4v) is 8.82. The Hall–Kier alpha value is -6.62. The molecule has 0 amide bonds. The molecule has 0 atom stereocenters. The predicted molar refractivity (Wildman–Crippen MR) is 219 cm³/mol. The third-order valence-corrected chi connectivity index (χ3v) is 11.4. The molecule has 11 aromatic rings. The van der Waals surface area contributed by atoms with E-state index in [0.717, 1.165) is 65.5 Å². The molecule has 0 saturated heterocycles. The van der Waals surface area contributed by atoms with Crippen LogP contribution in [0.15, 0.2) is 174 Å². The summed E-state index contributed by atoms with van der Waals surface area (Å²) in [5.74, 6) is 0.684. The molecule has 242 valence electrons. The zero-order chi connectivity index (χ0) is 34.2. The summed E-state index contributed by atoms with van der Waals surface area (Å²) < 4.78 is 8.83. The maximum absolute atomic E-state index is 6.55. The minimum absolute atomic E-state index is 0.684. The summed E-state index contributed by atoms with van der Waals surface area (Å²) in [6.07, 6.45) is 0. The van der Waals surface area contributed by atoms with Crippen molar-refractivity contribution in [3.8, 4) is 44.9 Å². The first-order valence-electron chi connectivity index (χ1n) is 17.5. The fourth-order valence-electron chi connectivity index (χ4n) is 7.66. The molecule has 0 unspecified atom stereocenters. The SMILES string of the molecule is c1ccc2cc(-c3ccc(-c4nc(-c5cc(-c6ccc7ccccc7c6)cc6oc7ccccc7c56)nc5c4sc4ccccc45)cc3)ccc2c1. The predicted octanol–water partition coefficient (Wildman–Crippen LogP) is 13.7. The van der Waals surface area contributed by atoms with E-state index < -0.39 is 0 Å². The van der Waals surface area contributed by atoms with E-state index in [9.17, 15) is 0 Å². The van der Waals surface area contributed by atoms with Crippen molar-refractivity contribution in [3.63, 3.8) is 0 Å². The van der Waals surface area contributed by atoms with Crippen LogP contribution in [0.3, 0.4) is 0 Å². The van der Waals surface area contributed by atoms with Crippen LogP contribution in [0, 0.1) is 0 Å². The van der Waals surface area contributed by atoms with Crippen molar-refractivity contribution < 1.29 is 4.42 Å². The highest BCUT2D eigenvalue weighted by atomic mass is 32.1. The van der Waals surface area contributed by atoms with Crippen molar-refractivity contribution in [1.29, 1.82) is 0 Å². The van der Waals surface area contributed by atoms with Crippen molar-refractivity contribution in [2.24, 2.45) is 0 Å². The van der Waals surface area contributed by atoms with Crippen molar-refractivity contribution in [3.05, 3.63) is 170 Å². The number of hydrogen-bond donors (Lipinski definition) is 0. The monoisotopic (exact) mass is 680 g/mol. The van der Waals surface area contributed by atoms with E-state index in [2.05, 4.69) is 158 Å². The van der Waals surface area contributed by atoms with Crippen molar-refractivity contribution in [2.75, 3.05) is 0 Å². The highest BCUT2D eigenvalue weighted by Crippen LogP contribution is 2.43.